The number of thioether (sulfide) groups is 1. The third-order valence-corrected chi connectivity index (χ3v) is 7.50. The lowest BCUT2D eigenvalue weighted by Gasteiger charge is -2.20. The number of carbonyl (C=O) groups excluding carboxylic acids is 2. The van der Waals surface area contributed by atoms with Gasteiger partial charge in [0.1, 0.15) is 6.10 Å². The fraction of sp³-hybridized carbons (Fsp3) is 0.292. The third kappa shape index (κ3) is 3.57. The molecule has 0 radical (unpaired) electrons. The summed E-state index contributed by atoms with van der Waals surface area (Å²) in [6, 6.07) is 15.3. The molecular weight excluding hydrogens is 440 g/mol. The highest BCUT2D eigenvalue weighted by Crippen LogP contribution is 2.36. The van der Waals surface area contributed by atoms with Gasteiger partial charge in [-0.05, 0) is 35.2 Å². The van der Waals surface area contributed by atoms with Gasteiger partial charge < -0.3 is 19.9 Å². The smallest absolute Gasteiger partial charge is 0.414 e. The molecule has 1 unspecified atom stereocenters. The largest absolute Gasteiger partial charge is 0.443 e. The van der Waals surface area contributed by atoms with Crippen molar-refractivity contribution in [3.63, 3.8) is 0 Å². The first kappa shape index (κ1) is 20.3. The Bertz CT molecular complexity index is 1350. The van der Waals surface area contributed by atoms with Gasteiger partial charge in [-0.3, -0.25) is 14.5 Å². The summed E-state index contributed by atoms with van der Waals surface area (Å²) in [5.74, 6) is 0.558. The number of para-hydroxylation sites is 1. The van der Waals surface area contributed by atoms with Crippen LogP contribution in [0.2, 0.25) is 0 Å². The van der Waals surface area contributed by atoms with Crippen LogP contribution in [0.25, 0.3) is 10.9 Å². The first-order valence-electron chi connectivity index (χ1n) is 10.9. The summed E-state index contributed by atoms with van der Waals surface area (Å²) < 4.78 is 7.42. The molecule has 33 heavy (non-hydrogen) atoms. The Kier molecular flexibility index (Phi) is 4.88. The Hall–Kier alpha value is -3.30. The molecule has 0 bridgehead atoms. The molecule has 6 rings (SSSR count). The SMILES string of the molecule is O=C1CSc2ccc(N3C[C@@H](CNCC4Cn5c(=O)ccc6cccc4c65)OC3=O)cc2N1. The molecule has 0 saturated carbocycles. The van der Waals surface area contributed by atoms with E-state index >= 15 is 0 Å². The van der Waals surface area contributed by atoms with Gasteiger partial charge in [0.2, 0.25) is 5.91 Å². The fourth-order valence-electron chi connectivity index (χ4n) is 4.89. The third-order valence-electron chi connectivity index (χ3n) is 6.43. The molecule has 1 fully saturated rings. The van der Waals surface area contributed by atoms with Gasteiger partial charge in [-0.2, -0.15) is 0 Å². The molecule has 1 aromatic heterocycles. The minimum Gasteiger partial charge on any atom is -0.443 e. The van der Waals surface area contributed by atoms with Crippen LogP contribution in [-0.2, 0) is 16.1 Å². The summed E-state index contributed by atoms with van der Waals surface area (Å²) in [5.41, 5.74) is 3.66. The molecule has 2 aromatic carbocycles. The highest BCUT2D eigenvalue weighted by molar-refractivity contribution is 8.00. The molecule has 2 N–H and O–H groups in total. The number of cyclic esters (lactones) is 1. The molecule has 2 amide bonds. The zero-order valence-corrected chi connectivity index (χ0v) is 18.6. The quantitative estimate of drug-likeness (QED) is 0.606. The van der Waals surface area contributed by atoms with E-state index in [9.17, 15) is 14.4 Å². The first-order valence-corrected chi connectivity index (χ1v) is 11.9. The molecule has 9 heteroatoms. The van der Waals surface area contributed by atoms with Crippen molar-refractivity contribution in [3.8, 4) is 0 Å². The van der Waals surface area contributed by atoms with Gasteiger partial charge in [0.25, 0.3) is 5.56 Å². The van der Waals surface area contributed by atoms with E-state index in [4.69, 9.17) is 4.74 Å². The van der Waals surface area contributed by atoms with E-state index in [2.05, 4.69) is 16.7 Å². The Balaban J connectivity index is 1.10. The summed E-state index contributed by atoms with van der Waals surface area (Å²) in [6.07, 6.45) is -0.666. The van der Waals surface area contributed by atoms with E-state index in [1.165, 1.54) is 17.3 Å². The maximum Gasteiger partial charge on any atom is 0.414 e. The Morgan fingerprint density at radius 1 is 1.06 bits per heavy atom. The van der Waals surface area contributed by atoms with Crippen molar-refractivity contribution in [3.05, 3.63) is 64.4 Å². The maximum absolute atomic E-state index is 12.5. The van der Waals surface area contributed by atoms with Gasteiger partial charge in [0.05, 0.1) is 23.5 Å². The van der Waals surface area contributed by atoms with Crippen LogP contribution in [0.5, 0.6) is 0 Å². The molecule has 0 spiro atoms. The maximum atomic E-state index is 12.5. The van der Waals surface area contributed by atoms with Gasteiger partial charge in [-0.25, -0.2) is 4.79 Å². The molecule has 3 aromatic rings. The van der Waals surface area contributed by atoms with Crippen LogP contribution in [0.1, 0.15) is 11.5 Å². The molecule has 0 aliphatic carbocycles. The second-order valence-electron chi connectivity index (χ2n) is 8.56. The van der Waals surface area contributed by atoms with E-state index in [0.717, 1.165) is 21.5 Å². The van der Waals surface area contributed by atoms with E-state index in [1.807, 2.05) is 41.0 Å². The van der Waals surface area contributed by atoms with E-state index in [1.54, 1.807) is 11.0 Å². The summed E-state index contributed by atoms with van der Waals surface area (Å²) >= 11 is 1.49. The van der Waals surface area contributed by atoms with Crippen molar-refractivity contribution >= 4 is 46.0 Å². The van der Waals surface area contributed by atoms with Crippen molar-refractivity contribution in [2.24, 2.45) is 0 Å². The van der Waals surface area contributed by atoms with Crippen LogP contribution in [-0.4, -0.2) is 48.1 Å². The van der Waals surface area contributed by atoms with Crippen molar-refractivity contribution in [1.82, 2.24) is 9.88 Å². The van der Waals surface area contributed by atoms with Gasteiger partial charge in [0, 0.05) is 42.2 Å². The van der Waals surface area contributed by atoms with Crippen LogP contribution in [0, 0.1) is 0 Å². The number of hydrogen-bond donors (Lipinski definition) is 2. The number of nitrogens with one attached hydrogen (secondary N) is 2. The molecular formula is C24H22N4O4S. The number of nitrogens with zero attached hydrogens (tertiary/aromatic N) is 2. The molecule has 3 aliphatic heterocycles. The van der Waals surface area contributed by atoms with E-state index < -0.39 is 0 Å². The number of ether oxygens (including phenoxy) is 1. The van der Waals surface area contributed by atoms with Crippen LogP contribution < -0.4 is 21.1 Å². The van der Waals surface area contributed by atoms with Gasteiger partial charge in [0.15, 0.2) is 0 Å². The molecule has 4 heterocycles. The standard InChI is InChI=1S/C24H22N4O4S/c29-21-13-33-20-6-5-16(8-19(20)26-21)27-12-17(32-24(27)31)10-25-9-15-11-28-22(30)7-4-14-2-1-3-18(15)23(14)28/h1-8,15,17,25H,9-13H2,(H,26,29)/t15?,17-/m1/s1. The van der Waals surface area contributed by atoms with Crippen molar-refractivity contribution in [2.45, 2.75) is 23.5 Å². The van der Waals surface area contributed by atoms with Gasteiger partial charge >= 0.3 is 6.09 Å². The Morgan fingerprint density at radius 3 is 2.88 bits per heavy atom. The number of fused-ring (bicyclic) bond motifs is 1. The number of amides is 2. The van der Waals surface area contributed by atoms with Crippen LogP contribution in [0.4, 0.5) is 16.2 Å². The highest BCUT2D eigenvalue weighted by Gasteiger charge is 2.33. The first-order chi connectivity index (χ1) is 16.1. The average Bonchev–Trinajstić information content (AvgIpc) is 3.38. The number of hydrogen-bond acceptors (Lipinski definition) is 6. The highest BCUT2D eigenvalue weighted by atomic mass is 32.2. The summed E-state index contributed by atoms with van der Waals surface area (Å²) in [5, 5.41) is 7.37. The number of pyridine rings is 1. The lowest BCUT2D eigenvalue weighted by molar-refractivity contribution is -0.113. The number of carbonyl (C=O) groups is 2. The Labute approximate surface area is 193 Å². The number of benzene rings is 2. The Morgan fingerprint density at radius 2 is 1.97 bits per heavy atom. The number of rotatable bonds is 5. The molecule has 3 aliphatic rings. The van der Waals surface area contributed by atoms with Crippen LogP contribution >= 0.6 is 11.8 Å². The second kappa shape index (κ2) is 7.93. The second-order valence-corrected chi connectivity index (χ2v) is 9.57. The fourth-order valence-corrected chi connectivity index (χ4v) is 5.68. The van der Waals surface area contributed by atoms with E-state index in [0.29, 0.717) is 37.6 Å². The van der Waals surface area contributed by atoms with Crippen molar-refractivity contribution in [1.29, 1.82) is 0 Å². The topological polar surface area (TPSA) is 92.7 Å². The lowest BCUT2D eigenvalue weighted by Crippen LogP contribution is -2.33. The van der Waals surface area contributed by atoms with Gasteiger partial charge in [-0.15, -0.1) is 11.8 Å². The van der Waals surface area contributed by atoms with E-state index in [-0.39, 0.29) is 29.6 Å². The summed E-state index contributed by atoms with van der Waals surface area (Å²) in [6.45, 7) is 2.30. The number of anilines is 2. The monoisotopic (exact) mass is 462 g/mol. The van der Waals surface area contributed by atoms with Crippen LogP contribution in [0.3, 0.4) is 0 Å². The normalized spacial score (nSPS) is 21.3. The predicted octanol–water partition coefficient (Wildman–Crippen LogP) is 2.76. The molecule has 8 nitrogen and oxygen atoms in total. The summed E-state index contributed by atoms with van der Waals surface area (Å²) in [7, 11) is 0. The molecule has 168 valence electrons. The van der Waals surface area contributed by atoms with Crippen molar-refractivity contribution in [2.75, 3.05) is 35.6 Å². The average molecular weight is 463 g/mol. The van der Waals surface area contributed by atoms with Crippen LogP contribution in [0.15, 0.2) is 58.2 Å². The van der Waals surface area contributed by atoms with Gasteiger partial charge in [-0.1, -0.05) is 18.2 Å². The minimum absolute atomic E-state index is 0.0254. The predicted molar refractivity (Wildman–Crippen MR) is 127 cm³/mol. The zero-order valence-electron chi connectivity index (χ0n) is 17.7. The lowest BCUT2D eigenvalue weighted by atomic mass is 10.00. The molecule has 1 saturated heterocycles. The minimum atomic E-state index is -0.388. The summed E-state index contributed by atoms with van der Waals surface area (Å²) in [4.78, 5) is 39.1. The van der Waals surface area contributed by atoms with Crippen molar-refractivity contribution < 1.29 is 14.3 Å². The molecule has 2 atom stereocenters. The number of aromatic nitrogens is 1. The zero-order chi connectivity index (χ0) is 22.5.